The molecule has 0 bridgehead atoms. The largest absolute Gasteiger partial charge is 0.494 e. The van der Waals surface area contributed by atoms with Crippen molar-refractivity contribution in [2.45, 2.75) is 0 Å². The highest BCUT2D eigenvalue weighted by atomic mass is 32.2. The summed E-state index contributed by atoms with van der Waals surface area (Å²) in [6.45, 7) is 0. The SMILES string of the molecule is COc1ccc2ccccc2c1N=C(N)SC. The first-order chi connectivity index (χ1) is 8.26. The first kappa shape index (κ1) is 11.8. The molecule has 3 nitrogen and oxygen atoms in total. The van der Waals surface area contributed by atoms with Crippen LogP contribution >= 0.6 is 11.8 Å². The molecule has 2 aromatic carbocycles. The van der Waals surface area contributed by atoms with Crippen LogP contribution in [0, 0.1) is 0 Å². The lowest BCUT2D eigenvalue weighted by atomic mass is 10.1. The van der Waals surface area contributed by atoms with Crippen LogP contribution in [0.5, 0.6) is 5.75 Å². The van der Waals surface area contributed by atoms with E-state index in [9.17, 15) is 0 Å². The van der Waals surface area contributed by atoms with Crippen LogP contribution in [0.25, 0.3) is 10.8 Å². The minimum absolute atomic E-state index is 0.527. The molecule has 0 saturated carbocycles. The summed E-state index contributed by atoms with van der Waals surface area (Å²) in [4.78, 5) is 4.41. The van der Waals surface area contributed by atoms with Crippen LogP contribution in [0.4, 0.5) is 5.69 Å². The number of amidine groups is 1. The molecule has 0 spiro atoms. The van der Waals surface area contributed by atoms with Gasteiger partial charge in [-0.15, -0.1) is 0 Å². The molecular formula is C13H14N2OS. The summed E-state index contributed by atoms with van der Waals surface area (Å²) in [5, 5.41) is 2.70. The summed E-state index contributed by atoms with van der Waals surface area (Å²) >= 11 is 1.42. The third kappa shape index (κ3) is 2.36. The Balaban J connectivity index is 2.71. The number of hydrogen-bond acceptors (Lipinski definition) is 3. The van der Waals surface area contributed by atoms with E-state index in [1.807, 2.05) is 42.7 Å². The summed E-state index contributed by atoms with van der Waals surface area (Å²) in [5.41, 5.74) is 6.57. The predicted octanol–water partition coefficient (Wildman–Crippen LogP) is 3.16. The maximum atomic E-state index is 5.78. The Morgan fingerprint density at radius 3 is 2.71 bits per heavy atom. The van der Waals surface area contributed by atoms with Crippen LogP contribution in [-0.4, -0.2) is 18.5 Å². The van der Waals surface area contributed by atoms with E-state index in [0.29, 0.717) is 5.17 Å². The van der Waals surface area contributed by atoms with E-state index in [1.165, 1.54) is 11.8 Å². The van der Waals surface area contributed by atoms with Gasteiger partial charge in [-0.3, -0.25) is 0 Å². The Labute approximate surface area is 105 Å². The summed E-state index contributed by atoms with van der Waals surface area (Å²) in [6.07, 6.45) is 1.90. The number of thioether (sulfide) groups is 1. The molecule has 0 radical (unpaired) electrons. The van der Waals surface area contributed by atoms with E-state index in [0.717, 1.165) is 22.2 Å². The van der Waals surface area contributed by atoms with Crippen LogP contribution in [0.2, 0.25) is 0 Å². The molecule has 0 aliphatic carbocycles. The quantitative estimate of drug-likeness (QED) is 0.654. The van der Waals surface area contributed by atoms with E-state index < -0.39 is 0 Å². The van der Waals surface area contributed by atoms with Gasteiger partial charge in [0.1, 0.15) is 11.4 Å². The van der Waals surface area contributed by atoms with Crippen molar-refractivity contribution in [3.63, 3.8) is 0 Å². The number of methoxy groups -OCH3 is 1. The van der Waals surface area contributed by atoms with Gasteiger partial charge in [-0.1, -0.05) is 42.1 Å². The Bertz CT molecular complexity index is 566. The molecule has 2 rings (SSSR count). The average Bonchev–Trinajstić information content (AvgIpc) is 2.39. The zero-order valence-electron chi connectivity index (χ0n) is 9.81. The number of nitrogens with two attached hydrogens (primary N) is 1. The van der Waals surface area contributed by atoms with Gasteiger partial charge in [0.2, 0.25) is 0 Å². The van der Waals surface area contributed by atoms with Gasteiger partial charge in [-0.05, 0) is 17.7 Å². The maximum absolute atomic E-state index is 5.78. The number of hydrogen-bond donors (Lipinski definition) is 1. The van der Waals surface area contributed by atoms with Crippen molar-refractivity contribution < 1.29 is 4.74 Å². The third-order valence-corrected chi connectivity index (χ3v) is 3.02. The Hall–Kier alpha value is -1.68. The fraction of sp³-hybridized carbons (Fsp3) is 0.154. The molecule has 2 N–H and O–H groups in total. The molecule has 4 heteroatoms. The van der Waals surface area contributed by atoms with Crippen LogP contribution in [0.15, 0.2) is 41.4 Å². The molecule has 0 amide bonds. The van der Waals surface area contributed by atoms with E-state index in [2.05, 4.69) is 4.99 Å². The van der Waals surface area contributed by atoms with Gasteiger partial charge in [0, 0.05) is 5.39 Å². The fourth-order valence-electron chi connectivity index (χ4n) is 1.67. The normalized spacial score (nSPS) is 11.8. The fourth-order valence-corrected chi connectivity index (χ4v) is 1.85. The second-order valence-corrected chi connectivity index (χ2v) is 4.32. The molecular weight excluding hydrogens is 232 g/mol. The van der Waals surface area contributed by atoms with E-state index >= 15 is 0 Å². The molecule has 0 fully saturated rings. The molecule has 0 aliphatic heterocycles. The van der Waals surface area contributed by atoms with Gasteiger partial charge < -0.3 is 10.5 Å². The minimum Gasteiger partial charge on any atom is -0.494 e. The molecule has 0 saturated heterocycles. The number of nitrogens with zero attached hydrogens (tertiary/aromatic N) is 1. The highest BCUT2D eigenvalue weighted by molar-refractivity contribution is 8.13. The lowest BCUT2D eigenvalue weighted by Gasteiger charge is -2.08. The summed E-state index contributed by atoms with van der Waals surface area (Å²) < 4.78 is 5.33. The van der Waals surface area contributed by atoms with Gasteiger partial charge in [-0.2, -0.15) is 0 Å². The van der Waals surface area contributed by atoms with Gasteiger partial charge in [-0.25, -0.2) is 4.99 Å². The zero-order valence-corrected chi connectivity index (χ0v) is 10.6. The summed E-state index contributed by atoms with van der Waals surface area (Å²) in [6, 6.07) is 12.0. The second-order valence-electron chi connectivity index (χ2n) is 3.49. The first-order valence-corrected chi connectivity index (χ1v) is 6.42. The molecule has 0 atom stereocenters. The first-order valence-electron chi connectivity index (χ1n) is 5.20. The number of benzene rings is 2. The maximum Gasteiger partial charge on any atom is 0.159 e. The standard InChI is InChI=1S/C13H14N2OS/c1-16-11-8-7-9-5-3-4-6-10(9)12(11)15-13(14)17-2/h3-8H,1-2H3,(H2,14,15). The van der Waals surface area contributed by atoms with Crippen molar-refractivity contribution in [1.29, 1.82) is 0 Å². The molecule has 17 heavy (non-hydrogen) atoms. The van der Waals surface area contributed by atoms with Gasteiger partial charge in [0.25, 0.3) is 0 Å². The van der Waals surface area contributed by atoms with Crippen molar-refractivity contribution in [3.05, 3.63) is 36.4 Å². The van der Waals surface area contributed by atoms with Crippen molar-refractivity contribution in [2.24, 2.45) is 10.7 Å². The number of aliphatic imine (C=N–C) groups is 1. The zero-order chi connectivity index (χ0) is 12.3. The number of rotatable bonds is 2. The highest BCUT2D eigenvalue weighted by Crippen LogP contribution is 2.35. The summed E-state index contributed by atoms with van der Waals surface area (Å²) in [5.74, 6) is 0.737. The third-order valence-electron chi connectivity index (χ3n) is 2.51. The number of ether oxygens (including phenoxy) is 1. The Morgan fingerprint density at radius 2 is 2.00 bits per heavy atom. The molecule has 0 aliphatic rings. The summed E-state index contributed by atoms with van der Waals surface area (Å²) in [7, 11) is 1.64. The van der Waals surface area contributed by atoms with Crippen LogP contribution in [-0.2, 0) is 0 Å². The van der Waals surface area contributed by atoms with E-state index in [1.54, 1.807) is 7.11 Å². The monoisotopic (exact) mass is 246 g/mol. The van der Waals surface area contributed by atoms with Crippen molar-refractivity contribution >= 4 is 33.4 Å². The van der Waals surface area contributed by atoms with Gasteiger partial charge >= 0.3 is 0 Å². The van der Waals surface area contributed by atoms with Gasteiger partial charge in [0.05, 0.1) is 7.11 Å². The average molecular weight is 246 g/mol. The van der Waals surface area contributed by atoms with Crippen molar-refractivity contribution in [1.82, 2.24) is 0 Å². The molecule has 88 valence electrons. The van der Waals surface area contributed by atoms with Crippen LogP contribution in [0.3, 0.4) is 0 Å². The van der Waals surface area contributed by atoms with Crippen LogP contribution < -0.4 is 10.5 Å². The number of fused-ring (bicyclic) bond motifs is 1. The van der Waals surface area contributed by atoms with Crippen molar-refractivity contribution in [2.75, 3.05) is 13.4 Å². The lowest BCUT2D eigenvalue weighted by Crippen LogP contribution is -2.04. The van der Waals surface area contributed by atoms with E-state index in [-0.39, 0.29) is 0 Å². The van der Waals surface area contributed by atoms with Crippen LogP contribution in [0.1, 0.15) is 0 Å². The lowest BCUT2D eigenvalue weighted by molar-refractivity contribution is 0.417. The molecule has 0 heterocycles. The van der Waals surface area contributed by atoms with E-state index in [4.69, 9.17) is 10.5 Å². The van der Waals surface area contributed by atoms with Crippen molar-refractivity contribution in [3.8, 4) is 5.75 Å². The molecule has 2 aromatic rings. The topological polar surface area (TPSA) is 47.6 Å². The Kier molecular flexibility index (Phi) is 3.54. The predicted molar refractivity (Wildman–Crippen MR) is 75.3 cm³/mol. The second kappa shape index (κ2) is 5.10. The molecule has 0 unspecified atom stereocenters. The van der Waals surface area contributed by atoms with Gasteiger partial charge in [0.15, 0.2) is 5.17 Å². The highest BCUT2D eigenvalue weighted by Gasteiger charge is 2.07. The Morgan fingerprint density at radius 1 is 1.24 bits per heavy atom. The smallest absolute Gasteiger partial charge is 0.159 e. The minimum atomic E-state index is 0.527. The molecule has 0 aromatic heterocycles.